The molecule has 0 saturated carbocycles. The maximum Gasteiger partial charge on any atom is 0.250 e. The van der Waals surface area contributed by atoms with Gasteiger partial charge in [0, 0.05) is 25.1 Å². The van der Waals surface area contributed by atoms with E-state index in [1.807, 2.05) is 31.2 Å². The molecule has 1 saturated heterocycles. The van der Waals surface area contributed by atoms with Crippen molar-refractivity contribution in [1.82, 2.24) is 15.1 Å². The molecular weight excluding hydrogens is 308 g/mol. The number of anilines is 1. The zero-order valence-electron chi connectivity index (χ0n) is 13.7. The minimum Gasteiger partial charge on any atom is -0.377 e. The van der Waals surface area contributed by atoms with Gasteiger partial charge in [-0.25, -0.2) is 0 Å². The van der Waals surface area contributed by atoms with E-state index in [0.29, 0.717) is 19.0 Å². The number of aromatic nitrogens is 2. The number of nitrogens with one attached hydrogen (secondary N) is 2. The second kappa shape index (κ2) is 6.84. The van der Waals surface area contributed by atoms with Crippen molar-refractivity contribution >= 4 is 17.6 Å². The number of rotatable bonds is 3. The Morgan fingerprint density at radius 2 is 2.17 bits per heavy atom. The third-order valence-corrected chi connectivity index (χ3v) is 4.10. The first kappa shape index (κ1) is 16.2. The lowest BCUT2D eigenvalue weighted by atomic mass is 10.1. The van der Waals surface area contributed by atoms with Gasteiger partial charge in [-0.3, -0.25) is 14.7 Å². The van der Waals surface area contributed by atoms with Gasteiger partial charge < -0.3 is 15.0 Å². The molecular formula is C17H20N4O3. The zero-order chi connectivity index (χ0) is 17.1. The van der Waals surface area contributed by atoms with Gasteiger partial charge in [0.05, 0.1) is 18.9 Å². The Hall–Kier alpha value is -2.67. The van der Waals surface area contributed by atoms with E-state index in [9.17, 15) is 9.59 Å². The monoisotopic (exact) mass is 328 g/mol. The molecule has 0 bridgehead atoms. The molecule has 0 radical (unpaired) electrons. The number of aryl methyl sites for hydroxylation is 1. The van der Waals surface area contributed by atoms with Crippen molar-refractivity contribution in [2.24, 2.45) is 0 Å². The highest BCUT2D eigenvalue weighted by atomic mass is 16.5. The summed E-state index contributed by atoms with van der Waals surface area (Å²) in [5, 5.41) is 9.82. The molecule has 2 amide bonds. The Morgan fingerprint density at radius 1 is 1.38 bits per heavy atom. The summed E-state index contributed by atoms with van der Waals surface area (Å²) >= 11 is 0. The van der Waals surface area contributed by atoms with Gasteiger partial charge in [0.2, 0.25) is 5.91 Å². The number of carbonyl (C=O) groups is 2. The molecule has 1 fully saturated rings. The van der Waals surface area contributed by atoms with Crippen molar-refractivity contribution < 1.29 is 14.3 Å². The standard InChI is InChI=1S/C17H20N4O3/c1-11-5-3-4-6-13(11)14-9-16(20-19-14)18-17(23)15-10-24-8-7-21(15)12(2)22/h3-6,9,15H,7-8,10H2,1-2H3,(H2,18,19,20,23). The van der Waals surface area contributed by atoms with Crippen molar-refractivity contribution in [3.05, 3.63) is 35.9 Å². The molecule has 1 unspecified atom stereocenters. The number of nitrogens with zero attached hydrogens (tertiary/aromatic N) is 2. The van der Waals surface area contributed by atoms with Crippen LogP contribution in [0.1, 0.15) is 12.5 Å². The SMILES string of the molecule is CC(=O)N1CCOCC1C(=O)Nc1cc(-c2ccccc2C)[nH]n1. The summed E-state index contributed by atoms with van der Waals surface area (Å²) in [4.78, 5) is 25.6. The van der Waals surface area contributed by atoms with Crippen molar-refractivity contribution in [3.63, 3.8) is 0 Å². The number of morpholine rings is 1. The molecule has 2 heterocycles. The van der Waals surface area contributed by atoms with Gasteiger partial charge in [-0.05, 0) is 12.5 Å². The van der Waals surface area contributed by atoms with Crippen LogP contribution in [0.15, 0.2) is 30.3 Å². The van der Waals surface area contributed by atoms with E-state index in [1.54, 1.807) is 6.07 Å². The molecule has 7 nitrogen and oxygen atoms in total. The molecule has 1 aliphatic rings. The highest BCUT2D eigenvalue weighted by Gasteiger charge is 2.31. The van der Waals surface area contributed by atoms with Crippen LogP contribution in [0, 0.1) is 6.92 Å². The molecule has 2 aromatic rings. The van der Waals surface area contributed by atoms with Gasteiger partial charge in [0.15, 0.2) is 5.82 Å². The van der Waals surface area contributed by atoms with Crippen molar-refractivity contribution in [2.75, 3.05) is 25.1 Å². The average molecular weight is 328 g/mol. The van der Waals surface area contributed by atoms with Crippen molar-refractivity contribution in [3.8, 4) is 11.3 Å². The number of hydrogen-bond acceptors (Lipinski definition) is 4. The summed E-state index contributed by atoms with van der Waals surface area (Å²) in [6.07, 6.45) is 0. The fourth-order valence-corrected chi connectivity index (χ4v) is 2.81. The Bertz CT molecular complexity index is 756. The lowest BCUT2D eigenvalue weighted by molar-refractivity contribution is -0.144. The van der Waals surface area contributed by atoms with Gasteiger partial charge in [0.25, 0.3) is 5.91 Å². The second-order valence-corrected chi connectivity index (χ2v) is 5.77. The number of carbonyl (C=O) groups excluding carboxylic acids is 2. The molecule has 1 aliphatic heterocycles. The number of benzene rings is 1. The van der Waals surface area contributed by atoms with Crippen LogP contribution in [0.3, 0.4) is 0 Å². The molecule has 7 heteroatoms. The van der Waals surface area contributed by atoms with Crippen LogP contribution in [-0.2, 0) is 14.3 Å². The summed E-state index contributed by atoms with van der Waals surface area (Å²) in [6, 6.07) is 9.07. The molecule has 3 rings (SSSR count). The summed E-state index contributed by atoms with van der Waals surface area (Å²) < 4.78 is 5.33. The van der Waals surface area contributed by atoms with Crippen LogP contribution in [0.5, 0.6) is 0 Å². The van der Waals surface area contributed by atoms with Crippen molar-refractivity contribution in [1.29, 1.82) is 0 Å². The number of hydrogen-bond donors (Lipinski definition) is 2. The molecule has 24 heavy (non-hydrogen) atoms. The Balaban J connectivity index is 1.73. The first-order valence-corrected chi connectivity index (χ1v) is 7.83. The van der Waals surface area contributed by atoms with Crippen LogP contribution in [-0.4, -0.2) is 52.7 Å². The topological polar surface area (TPSA) is 87.3 Å². The van der Waals surface area contributed by atoms with Crippen LogP contribution in [0.25, 0.3) is 11.3 Å². The van der Waals surface area contributed by atoms with E-state index in [4.69, 9.17) is 4.74 Å². The quantitative estimate of drug-likeness (QED) is 0.895. The Labute approximate surface area is 140 Å². The summed E-state index contributed by atoms with van der Waals surface area (Å²) in [7, 11) is 0. The van der Waals surface area contributed by atoms with E-state index in [-0.39, 0.29) is 18.4 Å². The molecule has 2 N–H and O–H groups in total. The molecule has 0 spiro atoms. The minimum absolute atomic E-state index is 0.138. The van der Waals surface area contributed by atoms with E-state index in [1.165, 1.54) is 11.8 Å². The highest BCUT2D eigenvalue weighted by molar-refractivity contribution is 5.96. The van der Waals surface area contributed by atoms with Crippen molar-refractivity contribution in [2.45, 2.75) is 19.9 Å². The number of ether oxygens (including phenoxy) is 1. The summed E-state index contributed by atoms with van der Waals surface area (Å²) in [5.41, 5.74) is 2.96. The number of amides is 2. The van der Waals surface area contributed by atoms with Crippen LogP contribution < -0.4 is 5.32 Å². The normalized spacial score (nSPS) is 17.6. The Morgan fingerprint density at radius 3 is 2.92 bits per heavy atom. The summed E-state index contributed by atoms with van der Waals surface area (Å²) in [6.45, 7) is 4.53. The van der Waals surface area contributed by atoms with Gasteiger partial charge in [-0.15, -0.1) is 0 Å². The predicted octanol–water partition coefficient (Wildman–Crippen LogP) is 1.57. The number of aromatic amines is 1. The lowest BCUT2D eigenvalue weighted by Gasteiger charge is -2.33. The third kappa shape index (κ3) is 3.30. The molecule has 0 aliphatic carbocycles. The van der Waals surface area contributed by atoms with Crippen LogP contribution >= 0.6 is 0 Å². The van der Waals surface area contributed by atoms with Gasteiger partial charge >= 0.3 is 0 Å². The fourth-order valence-electron chi connectivity index (χ4n) is 2.81. The molecule has 126 valence electrons. The maximum absolute atomic E-state index is 12.5. The van der Waals surface area contributed by atoms with E-state index in [2.05, 4.69) is 15.5 Å². The van der Waals surface area contributed by atoms with E-state index in [0.717, 1.165) is 16.8 Å². The van der Waals surface area contributed by atoms with E-state index < -0.39 is 6.04 Å². The fraction of sp³-hybridized carbons (Fsp3) is 0.353. The average Bonchev–Trinajstić information content (AvgIpc) is 3.03. The third-order valence-electron chi connectivity index (χ3n) is 4.10. The number of H-pyrrole nitrogens is 1. The first-order valence-electron chi connectivity index (χ1n) is 7.83. The maximum atomic E-state index is 12.5. The van der Waals surface area contributed by atoms with Gasteiger partial charge in [-0.2, -0.15) is 5.10 Å². The largest absolute Gasteiger partial charge is 0.377 e. The van der Waals surface area contributed by atoms with Crippen LogP contribution in [0.2, 0.25) is 0 Å². The lowest BCUT2D eigenvalue weighted by Crippen LogP contribution is -2.53. The second-order valence-electron chi connectivity index (χ2n) is 5.77. The minimum atomic E-state index is -0.630. The smallest absolute Gasteiger partial charge is 0.250 e. The van der Waals surface area contributed by atoms with Gasteiger partial charge in [-0.1, -0.05) is 24.3 Å². The molecule has 1 aromatic heterocycles. The molecule has 1 atom stereocenters. The van der Waals surface area contributed by atoms with E-state index >= 15 is 0 Å². The predicted molar refractivity (Wildman–Crippen MR) is 89.4 cm³/mol. The van der Waals surface area contributed by atoms with Gasteiger partial charge in [0.1, 0.15) is 6.04 Å². The molecule has 1 aromatic carbocycles. The zero-order valence-corrected chi connectivity index (χ0v) is 13.7. The Kier molecular flexibility index (Phi) is 4.61. The van der Waals surface area contributed by atoms with Crippen LogP contribution in [0.4, 0.5) is 5.82 Å². The first-order chi connectivity index (χ1) is 11.6. The highest BCUT2D eigenvalue weighted by Crippen LogP contribution is 2.23. The summed E-state index contributed by atoms with van der Waals surface area (Å²) in [5.74, 6) is -0.0128.